The van der Waals surface area contributed by atoms with Crippen LogP contribution >= 0.6 is 0 Å². The van der Waals surface area contributed by atoms with Crippen LogP contribution in [0.1, 0.15) is 24.2 Å². The standard InChI is InChI=1S/C19H22N4O2/c24-18-12-15(13-23(18)14-17-7-2-4-10-21-17)19(25)22-11-5-8-16-6-1-3-9-20-16/h1-4,6-7,9-10,15H,5,8,11-14H2,(H,22,25). The molecule has 0 saturated carbocycles. The summed E-state index contributed by atoms with van der Waals surface area (Å²) in [5, 5.41) is 2.94. The number of nitrogens with zero attached hydrogens (tertiary/aromatic N) is 3. The summed E-state index contributed by atoms with van der Waals surface area (Å²) in [5.41, 5.74) is 1.86. The number of hydrogen-bond acceptors (Lipinski definition) is 4. The predicted molar refractivity (Wildman–Crippen MR) is 93.3 cm³/mol. The lowest BCUT2D eigenvalue weighted by molar-refractivity contribution is -0.129. The first-order chi connectivity index (χ1) is 12.2. The van der Waals surface area contributed by atoms with Crippen molar-refractivity contribution < 1.29 is 9.59 Å². The van der Waals surface area contributed by atoms with Crippen molar-refractivity contribution in [2.75, 3.05) is 13.1 Å². The van der Waals surface area contributed by atoms with E-state index in [1.54, 1.807) is 17.3 Å². The molecule has 0 radical (unpaired) electrons. The number of nitrogens with one attached hydrogen (secondary N) is 1. The second-order valence-electron chi connectivity index (χ2n) is 6.21. The van der Waals surface area contributed by atoms with Gasteiger partial charge in [-0.1, -0.05) is 12.1 Å². The molecule has 1 aliphatic heterocycles. The maximum Gasteiger partial charge on any atom is 0.225 e. The SMILES string of the molecule is O=C(NCCCc1ccccn1)C1CC(=O)N(Cc2ccccn2)C1. The van der Waals surface area contributed by atoms with Crippen LogP contribution in [0.5, 0.6) is 0 Å². The van der Waals surface area contributed by atoms with Gasteiger partial charge in [-0.2, -0.15) is 0 Å². The molecule has 1 fully saturated rings. The highest BCUT2D eigenvalue weighted by Crippen LogP contribution is 2.19. The Labute approximate surface area is 147 Å². The molecule has 2 aromatic rings. The fourth-order valence-corrected chi connectivity index (χ4v) is 2.96. The van der Waals surface area contributed by atoms with Crippen LogP contribution in [-0.2, 0) is 22.6 Å². The summed E-state index contributed by atoms with van der Waals surface area (Å²) < 4.78 is 0. The monoisotopic (exact) mass is 338 g/mol. The zero-order valence-electron chi connectivity index (χ0n) is 14.1. The first kappa shape index (κ1) is 17.1. The van der Waals surface area contributed by atoms with Gasteiger partial charge in [-0.3, -0.25) is 19.6 Å². The number of carbonyl (C=O) groups excluding carboxylic acids is 2. The predicted octanol–water partition coefficient (Wildman–Crippen LogP) is 1.57. The third kappa shape index (κ3) is 4.86. The molecule has 0 bridgehead atoms. The van der Waals surface area contributed by atoms with E-state index in [2.05, 4.69) is 15.3 Å². The van der Waals surface area contributed by atoms with E-state index in [4.69, 9.17) is 0 Å². The molecule has 1 unspecified atom stereocenters. The fraction of sp³-hybridized carbons (Fsp3) is 0.368. The number of aromatic nitrogens is 2. The number of aryl methyl sites for hydroxylation is 1. The molecule has 2 amide bonds. The number of rotatable bonds is 7. The van der Waals surface area contributed by atoms with Gasteiger partial charge in [0.05, 0.1) is 18.2 Å². The van der Waals surface area contributed by atoms with Crippen LogP contribution in [0.4, 0.5) is 0 Å². The molecular weight excluding hydrogens is 316 g/mol. The van der Waals surface area contributed by atoms with E-state index < -0.39 is 0 Å². The quantitative estimate of drug-likeness (QED) is 0.778. The van der Waals surface area contributed by atoms with Gasteiger partial charge in [0.25, 0.3) is 0 Å². The van der Waals surface area contributed by atoms with E-state index in [1.165, 1.54) is 0 Å². The van der Waals surface area contributed by atoms with Crippen LogP contribution in [0.3, 0.4) is 0 Å². The number of amides is 2. The van der Waals surface area contributed by atoms with Crippen LogP contribution in [0.2, 0.25) is 0 Å². The van der Waals surface area contributed by atoms with Crippen molar-refractivity contribution in [1.82, 2.24) is 20.2 Å². The normalized spacial score (nSPS) is 16.9. The molecule has 0 aliphatic carbocycles. The van der Waals surface area contributed by atoms with Gasteiger partial charge >= 0.3 is 0 Å². The molecular formula is C19H22N4O2. The zero-order valence-corrected chi connectivity index (χ0v) is 14.1. The number of likely N-dealkylation sites (tertiary alicyclic amines) is 1. The molecule has 1 atom stereocenters. The average molecular weight is 338 g/mol. The van der Waals surface area contributed by atoms with E-state index in [0.29, 0.717) is 19.6 Å². The van der Waals surface area contributed by atoms with Gasteiger partial charge in [0.1, 0.15) is 0 Å². The largest absolute Gasteiger partial charge is 0.356 e. The lowest BCUT2D eigenvalue weighted by Crippen LogP contribution is -2.33. The Balaban J connectivity index is 1.41. The molecule has 3 rings (SSSR count). The smallest absolute Gasteiger partial charge is 0.225 e. The summed E-state index contributed by atoms with van der Waals surface area (Å²) in [4.78, 5) is 34.6. The van der Waals surface area contributed by atoms with Crippen molar-refractivity contribution in [2.24, 2.45) is 5.92 Å². The lowest BCUT2D eigenvalue weighted by Gasteiger charge is -2.16. The van der Waals surface area contributed by atoms with Crippen LogP contribution in [0.15, 0.2) is 48.8 Å². The highest BCUT2D eigenvalue weighted by atomic mass is 16.2. The Morgan fingerprint density at radius 3 is 2.52 bits per heavy atom. The van der Waals surface area contributed by atoms with Crippen molar-refractivity contribution in [3.63, 3.8) is 0 Å². The molecule has 130 valence electrons. The van der Waals surface area contributed by atoms with E-state index in [1.807, 2.05) is 36.4 Å². The minimum Gasteiger partial charge on any atom is -0.356 e. The summed E-state index contributed by atoms with van der Waals surface area (Å²) in [6.45, 7) is 1.52. The maximum absolute atomic E-state index is 12.3. The highest BCUT2D eigenvalue weighted by molar-refractivity contribution is 5.89. The third-order valence-electron chi connectivity index (χ3n) is 4.30. The zero-order chi connectivity index (χ0) is 17.5. The molecule has 1 aliphatic rings. The summed E-state index contributed by atoms with van der Waals surface area (Å²) in [5.74, 6) is -0.303. The lowest BCUT2D eigenvalue weighted by atomic mass is 10.1. The first-order valence-corrected chi connectivity index (χ1v) is 8.57. The second-order valence-corrected chi connectivity index (χ2v) is 6.21. The molecule has 0 spiro atoms. The third-order valence-corrected chi connectivity index (χ3v) is 4.30. The summed E-state index contributed by atoms with van der Waals surface area (Å²) in [7, 11) is 0. The maximum atomic E-state index is 12.3. The number of hydrogen-bond donors (Lipinski definition) is 1. The van der Waals surface area contributed by atoms with Gasteiger partial charge in [0.15, 0.2) is 0 Å². The Bertz CT molecular complexity index is 706. The molecule has 2 aromatic heterocycles. The second kappa shape index (κ2) is 8.37. The topological polar surface area (TPSA) is 75.2 Å². The van der Waals surface area contributed by atoms with Crippen molar-refractivity contribution in [2.45, 2.75) is 25.8 Å². The minimum absolute atomic E-state index is 0.0132. The molecule has 1 saturated heterocycles. The Morgan fingerprint density at radius 2 is 1.84 bits per heavy atom. The van der Waals surface area contributed by atoms with E-state index in [0.717, 1.165) is 24.2 Å². The van der Waals surface area contributed by atoms with Gasteiger partial charge in [0.2, 0.25) is 11.8 Å². The van der Waals surface area contributed by atoms with E-state index >= 15 is 0 Å². The van der Waals surface area contributed by atoms with Crippen molar-refractivity contribution in [3.05, 3.63) is 60.2 Å². The molecule has 3 heterocycles. The Morgan fingerprint density at radius 1 is 1.12 bits per heavy atom. The summed E-state index contributed by atoms with van der Waals surface area (Å²) in [6, 6.07) is 11.5. The van der Waals surface area contributed by atoms with Crippen LogP contribution < -0.4 is 5.32 Å². The highest BCUT2D eigenvalue weighted by Gasteiger charge is 2.34. The molecule has 1 N–H and O–H groups in total. The van der Waals surface area contributed by atoms with Crippen molar-refractivity contribution in [1.29, 1.82) is 0 Å². The Kier molecular flexibility index (Phi) is 5.72. The summed E-state index contributed by atoms with van der Waals surface area (Å²) in [6.07, 6.45) is 5.42. The van der Waals surface area contributed by atoms with Crippen molar-refractivity contribution >= 4 is 11.8 Å². The minimum atomic E-state index is -0.272. The molecule has 0 aromatic carbocycles. The van der Waals surface area contributed by atoms with Crippen LogP contribution in [0.25, 0.3) is 0 Å². The molecule has 25 heavy (non-hydrogen) atoms. The van der Waals surface area contributed by atoms with Gasteiger partial charge in [-0.25, -0.2) is 0 Å². The first-order valence-electron chi connectivity index (χ1n) is 8.57. The number of carbonyl (C=O) groups is 2. The fourth-order valence-electron chi connectivity index (χ4n) is 2.96. The Hall–Kier alpha value is -2.76. The molecule has 6 heteroatoms. The summed E-state index contributed by atoms with van der Waals surface area (Å²) >= 11 is 0. The van der Waals surface area contributed by atoms with Gasteiger partial charge in [-0.05, 0) is 37.1 Å². The van der Waals surface area contributed by atoms with Crippen LogP contribution in [-0.4, -0.2) is 39.8 Å². The van der Waals surface area contributed by atoms with Gasteiger partial charge < -0.3 is 10.2 Å². The van der Waals surface area contributed by atoms with Gasteiger partial charge in [0, 0.05) is 37.6 Å². The number of pyridine rings is 2. The van der Waals surface area contributed by atoms with Gasteiger partial charge in [-0.15, -0.1) is 0 Å². The average Bonchev–Trinajstić information content (AvgIpc) is 3.01. The molecule has 6 nitrogen and oxygen atoms in total. The van der Waals surface area contributed by atoms with E-state index in [9.17, 15) is 9.59 Å². The van der Waals surface area contributed by atoms with Crippen molar-refractivity contribution in [3.8, 4) is 0 Å². The van der Waals surface area contributed by atoms with E-state index in [-0.39, 0.29) is 24.2 Å². The van der Waals surface area contributed by atoms with Crippen LogP contribution in [0, 0.1) is 5.92 Å².